The minimum atomic E-state index is -0.570. The van der Waals surface area contributed by atoms with Gasteiger partial charge in [-0.2, -0.15) is 5.10 Å². The molecule has 0 unspecified atom stereocenters. The molecule has 0 radical (unpaired) electrons. The largest absolute Gasteiger partial charge is 0.319 e. The number of aromatic nitrogens is 2. The van der Waals surface area contributed by atoms with Crippen LogP contribution in [-0.4, -0.2) is 22.1 Å². The van der Waals surface area contributed by atoms with E-state index in [-0.39, 0.29) is 11.3 Å². The van der Waals surface area contributed by atoms with E-state index in [4.69, 9.17) is 5.73 Å². The minimum absolute atomic E-state index is 0.247. The fourth-order valence-electron chi connectivity index (χ4n) is 0.965. The molecule has 82 valence electrons. The Morgan fingerprint density at radius 1 is 1.53 bits per heavy atom. The third-order valence-corrected chi connectivity index (χ3v) is 2.04. The summed E-state index contributed by atoms with van der Waals surface area (Å²) >= 11 is 0. The molecule has 0 aliphatic rings. The average Bonchev–Trinajstić information content (AvgIpc) is 2.16. The summed E-state index contributed by atoms with van der Waals surface area (Å²) in [5.74, 6) is 0.171. The molecule has 0 fully saturated rings. The first-order valence-corrected chi connectivity index (χ1v) is 4.75. The van der Waals surface area contributed by atoms with Crippen LogP contribution < -0.4 is 11.1 Å². The highest BCUT2D eigenvalue weighted by atomic mass is 16.2. The van der Waals surface area contributed by atoms with E-state index >= 15 is 0 Å². The molecule has 0 saturated heterocycles. The number of carbonyl (C=O) groups excluding carboxylic acids is 1. The van der Waals surface area contributed by atoms with E-state index in [2.05, 4.69) is 15.5 Å². The van der Waals surface area contributed by atoms with E-state index in [0.29, 0.717) is 5.82 Å². The van der Waals surface area contributed by atoms with Crippen LogP contribution in [0.1, 0.15) is 20.8 Å². The lowest BCUT2D eigenvalue weighted by molar-refractivity contribution is -0.119. The highest BCUT2D eigenvalue weighted by Gasteiger charge is 2.27. The van der Waals surface area contributed by atoms with Gasteiger partial charge in [0.05, 0.1) is 6.04 Å². The Labute approximate surface area is 89.1 Å². The van der Waals surface area contributed by atoms with Crippen molar-refractivity contribution >= 4 is 11.7 Å². The molecule has 5 nitrogen and oxygen atoms in total. The van der Waals surface area contributed by atoms with Gasteiger partial charge in [-0.05, 0) is 17.5 Å². The maximum absolute atomic E-state index is 11.7. The predicted molar refractivity (Wildman–Crippen MR) is 58.1 cm³/mol. The molecule has 1 atom stereocenters. The van der Waals surface area contributed by atoms with Crippen LogP contribution in [0, 0.1) is 5.41 Å². The predicted octanol–water partition coefficient (Wildman–Crippen LogP) is 0.788. The van der Waals surface area contributed by atoms with Crippen LogP contribution in [0.3, 0.4) is 0 Å². The molecule has 1 amide bonds. The van der Waals surface area contributed by atoms with E-state index < -0.39 is 6.04 Å². The first-order valence-electron chi connectivity index (χ1n) is 4.75. The average molecular weight is 208 g/mol. The highest BCUT2D eigenvalue weighted by molar-refractivity contribution is 5.94. The highest BCUT2D eigenvalue weighted by Crippen LogP contribution is 2.18. The Kier molecular flexibility index (Phi) is 3.36. The molecule has 0 aliphatic carbocycles. The van der Waals surface area contributed by atoms with Crippen molar-refractivity contribution < 1.29 is 4.79 Å². The third-order valence-electron chi connectivity index (χ3n) is 2.04. The van der Waals surface area contributed by atoms with Crippen molar-refractivity contribution in [3.8, 4) is 0 Å². The molecule has 1 aromatic heterocycles. The number of nitrogens with one attached hydrogen (secondary N) is 1. The van der Waals surface area contributed by atoms with Crippen LogP contribution in [0.4, 0.5) is 5.82 Å². The summed E-state index contributed by atoms with van der Waals surface area (Å²) in [6, 6.07) is 2.80. The van der Waals surface area contributed by atoms with Gasteiger partial charge in [-0.15, -0.1) is 5.10 Å². The summed E-state index contributed by atoms with van der Waals surface area (Å²) in [7, 11) is 0. The summed E-state index contributed by atoms with van der Waals surface area (Å²) in [6.45, 7) is 5.73. The minimum Gasteiger partial charge on any atom is -0.319 e. The maximum Gasteiger partial charge on any atom is 0.243 e. The molecular weight excluding hydrogens is 192 g/mol. The zero-order valence-corrected chi connectivity index (χ0v) is 9.19. The maximum atomic E-state index is 11.7. The van der Waals surface area contributed by atoms with Gasteiger partial charge in [-0.1, -0.05) is 20.8 Å². The van der Waals surface area contributed by atoms with Gasteiger partial charge in [0.25, 0.3) is 0 Å². The standard InChI is InChI=1S/C10H16N4O/c1-10(2,3)8(11)9(15)13-7-5-4-6-12-14-7/h4-6,8H,11H2,1-3H3,(H,13,14,15)/t8-/m1/s1. The number of hydrogen-bond acceptors (Lipinski definition) is 4. The Morgan fingerprint density at radius 2 is 2.20 bits per heavy atom. The van der Waals surface area contributed by atoms with Crippen LogP contribution in [-0.2, 0) is 4.79 Å². The van der Waals surface area contributed by atoms with Crippen LogP contribution in [0.2, 0.25) is 0 Å². The van der Waals surface area contributed by atoms with Gasteiger partial charge < -0.3 is 11.1 Å². The van der Waals surface area contributed by atoms with Crippen molar-refractivity contribution in [2.45, 2.75) is 26.8 Å². The Morgan fingerprint density at radius 3 is 2.67 bits per heavy atom. The van der Waals surface area contributed by atoms with Gasteiger partial charge in [0.1, 0.15) is 0 Å². The van der Waals surface area contributed by atoms with Crippen LogP contribution >= 0.6 is 0 Å². The molecule has 0 bridgehead atoms. The van der Waals surface area contributed by atoms with Crippen molar-refractivity contribution in [1.82, 2.24) is 10.2 Å². The molecular formula is C10H16N4O. The quantitative estimate of drug-likeness (QED) is 0.752. The van der Waals surface area contributed by atoms with Crippen LogP contribution in [0.15, 0.2) is 18.3 Å². The number of amides is 1. The van der Waals surface area contributed by atoms with E-state index in [1.807, 2.05) is 20.8 Å². The number of nitrogens with zero attached hydrogens (tertiary/aromatic N) is 2. The van der Waals surface area contributed by atoms with Gasteiger partial charge in [-0.3, -0.25) is 4.79 Å². The van der Waals surface area contributed by atoms with Gasteiger partial charge in [0.2, 0.25) is 5.91 Å². The van der Waals surface area contributed by atoms with Crippen LogP contribution in [0.5, 0.6) is 0 Å². The molecule has 3 N–H and O–H groups in total. The summed E-state index contributed by atoms with van der Waals surface area (Å²) in [6.07, 6.45) is 1.54. The molecule has 0 spiro atoms. The summed E-state index contributed by atoms with van der Waals surface area (Å²) in [4.78, 5) is 11.7. The fourth-order valence-corrected chi connectivity index (χ4v) is 0.965. The van der Waals surface area contributed by atoms with Gasteiger partial charge in [0.15, 0.2) is 5.82 Å². The lowest BCUT2D eigenvalue weighted by Gasteiger charge is -2.25. The Bertz CT molecular complexity index is 331. The van der Waals surface area contributed by atoms with E-state index in [1.165, 1.54) is 0 Å². The fraction of sp³-hybridized carbons (Fsp3) is 0.500. The molecule has 15 heavy (non-hydrogen) atoms. The van der Waals surface area contributed by atoms with Crippen molar-refractivity contribution in [3.63, 3.8) is 0 Å². The topological polar surface area (TPSA) is 80.9 Å². The van der Waals surface area contributed by atoms with Crippen LogP contribution in [0.25, 0.3) is 0 Å². The number of carbonyl (C=O) groups is 1. The van der Waals surface area contributed by atoms with E-state index in [9.17, 15) is 4.79 Å². The monoisotopic (exact) mass is 208 g/mol. The zero-order valence-electron chi connectivity index (χ0n) is 9.19. The van der Waals surface area contributed by atoms with Crippen molar-refractivity contribution in [1.29, 1.82) is 0 Å². The van der Waals surface area contributed by atoms with Crippen molar-refractivity contribution in [2.24, 2.45) is 11.1 Å². The normalized spacial score (nSPS) is 13.3. The SMILES string of the molecule is CC(C)(C)[C@H](N)C(=O)Nc1cccnn1. The molecule has 0 aromatic carbocycles. The summed E-state index contributed by atoms with van der Waals surface area (Å²) < 4.78 is 0. The Balaban J connectivity index is 2.65. The molecule has 5 heteroatoms. The lowest BCUT2D eigenvalue weighted by atomic mass is 9.87. The van der Waals surface area contributed by atoms with Gasteiger partial charge in [0, 0.05) is 6.20 Å². The zero-order chi connectivity index (χ0) is 11.5. The van der Waals surface area contributed by atoms with Gasteiger partial charge in [-0.25, -0.2) is 0 Å². The van der Waals surface area contributed by atoms with E-state index in [0.717, 1.165) is 0 Å². The van der Waals surface area contributed by atoms with Gasteiger partial charge >= 0.3 is 0 Å². The second-order valence-corrected chi connectivity index (χ2v) is 4.44. The molecule has 1 rings (SSSR count). The summed E-state index contributed by atoms with van der Waals surface area (Å²) in [5.41, 5.74) is 5.51. The number of anilines is 1. The number of nitrogens with two attached hydrogens (primary N) is 1. The smallest absolute Gasteiger partial charge is 0.243 e. The first-order chi connectivity index (χ1) is 6.91. The second kappa shape index (κ2) is 4.35. The van der Waals surface area contributed by atoms with E-state index in [1.54, 1.807) is 18.3 Å². The number of hydrogen-bond donors (Lipinski definition) is 2. The molecule has 1 heterocycles. The Hall–Kier alpha value is -1.49. The second-order valence-electron chi connectivity index (χ2n) is 4.44. The molecule has 1 aromatic rings. The van der Waals surface area contributed by atoms with Crippen molar-refractivity contribution in [3.05, 3.63) is 18.3 Å². The third kappa shape index (κ3) is 3.28. The lowest BCUT2D eigenvalue weighted by Crippen LogP contribution is -2.45. The number of rotatable bonds is 2. The van der Waals surface area contributed by atoms with Crippen molar-refractivity contribution in [2.75, 3.05) is 5.32 Å². The first kappa shape index (κ1) is 11.6. The summed E-state index contributed by atoms with van der Waals surface area (Å²) in [5, 5.41) is 10.0. The molecule has 0 aliphatic heterocycles. The molecule has 0 saturated carbocycles.